The zero-order chi connectivity index (χ0) is 17.1. The molecule has 2 aromatic heterocycles. The van der Waals surface area contributed by atoms with Crippen molar-refractivity contribution in [1.82, 2.24) is 9.88 Å². The average molecular weight is 437 g/mol. The molecule has 1 saturated heterocycles. The summed E-state index contributed by atoms with van der Waals surface area (Å²) in [4.78, 5) is 31.4. The first kappa shape index (κ1) is 22.9. The summed E-state index contributed by atoms with van der Waals surface area (Å²) in [5, 5.41) is 6.97. The summed E-state index contributed by atoms with van der Waals surface area (Å²) in [6, 6.07) is 3.82. The maximum Gasteiger partial charge on any atom is 0.267 e. The number of amides is 2. The van der Waals surface area contributed by atoms with E-state index in [9.17, 15) is 9.59 Å². The van der Waals surface area contributed by atoms with Crippen LogP contribution in [0.5, 0.6) is 0 Å². The van der Waals surface area contributed by atoms with E-state index < -0.39 is 0 Å². The quantitative estimate of drug-likeness (QED) is 0.753. The highest BCUT2D eigenvalue weighted by atomic mass is 35.5. The number of thiazole rings is 1. The molecule has 1 aliphatic heterocycles. The lowest BCUT2D eigenvalue weighted by Crippen LogP contribution is -2.35. The van der Waals surface area contributed by atoms with Crippen molar-refractivity contribution in [2.24, 2.45) is 11.7 Å². The fourth-order valence-electron chi connectivity index (χ4n) is 2.93. The molecule has 2 unspecified atom stereocenters. The number of hydrogen-bond donors (Lipinski definition) is 2. The Hall–Kier alpha value is -1.19. The molecule has 2 amide bonds. The lowest BCUT2D eigenvalue weighted by molar-refractivity contribution is -0.131. The highest BCUT2D eigenvalue weighted by Gasteiger charge is 2.31. The summed E-state index contributed by atoms with van der Waals surface area (Å²) in [5.41, 5.74) is 6.40. The summed E-state index contributed by atoms with van der Waals surface area (Å²) in [5.74, 6) is 0.288. The van der Waals surface area contributed by atoms with Gasteiger partial charge in [0.05, 0.1) is 17.0 Å². The van der Waals surface area contributed by atoms with E-state index in [1.165, 1.54) is 22.7 Å². The average Bonchev–Trinajstić information content (AvgIpc) is 3.27. The topological polar surface area (TPSA) is 88.3 Å². The van der Waals surface area contributed by atoms with E-state index in [1.54, 1.807) is 6.07 Å². The van der Waals surface area contributed by atoms with Crippen LogP contribution >= 0.6 is 47.5 Å². The van der Waals surface area contributed by atoms with E-state index in [1.807, 2.05) is 21.7 Å². The number of likely N-dealkylation sites (tertiary alicyclic amines) is 1. The fraction of sp³-hybridized carbons (Fsp3) is 0.438. The fourth-order valence-corrected chi connectivity index (χ4v) is 4.25. The van der Waals surface area contributed by atoms with Crippen LogP contribution in [0.2, 0.25) is 0 Å². The van der Waals surface area contributed by atoms with E-state index in [-0.39, 0.29) is 49.1 Å². The van der Waals surface area contributed by atoms with Crippen molar-refractivity contribution in [2.75, 3.05) is 18.4 Å². The summed E-state index contributed by atoms with van der Waals surface area (Å²) < 4.78 is 0. The first-order valence-corrected chi connectivity index (χ1v) is 9.61. The van der Waals surface area contributed by atoms with Crippen molar-refractivity contribution in [1.29, 1.82) is 0 Å². The minimum Gasteiger partial charge on any atom is -0.339 e. The molecule has 3 heterocycles. The molecular formula is C16H22Cl2N4O2S2. The Morgan fingerprint density at radius 3 is 2.77 bits per heavy atom. The number of aromatic nitrogens is 1. The van der Waals surface area contributed by atoms with Gasteiger partial charge < -0.3 is 10.6 Å². The number of thiophene rings is 1. The SMILES string of the molecule is CC1CC(CN)CN1C(=O)Cc1csc(NC(=O)c2cccs2)n1.Cl.Cl. The van der Waals surface area contributed by atoms with Crippen LogP contribution in [0.1, 0.15) is 28.7 Å². The molecule has 6 nitrogen and oxygen atoms in total. The van der Waals surface area contributed by atoms with Crippen LogP contribution in [0.4, 0.5) is 5.13 Å². The Morgan fingerprint density at radius 2 is 2.15 bits per heavy atom. The van der Waals surface area contributed by atoms with Gasteiger partial charge in [-0.25, -0.2) is 4.98 Å². The van der Waals surface area contributed by atoms with Gasteiger partial charge in [0.2, 0.25) is 5.91 Å². The molecule has 2 atom stereocenters. The number of carbonyl (C=O) groups is 2. The van der Waals surface area contributed by atoms with Crippen molar-refractivity contribution in [3.8, 4) is 0 Å². The normalized spacial score (nSPS) is 18.8. The number of hydrogen-bond acceptors (Lipinski definition) is 6. The van der Waals surface area contributed by atoms with Crippen LogP contribution in [0.15, 0.2) is 22.9 Å². The first-order valence-electron chi connectivity index (χ1n) is 7.85. The van der Waals surface area contributed by atoms with Crippen molar-refractivity contribution >= 4 is 64.4 Å². The third-order valence-corrected chi connectivity index (χ3v) is 5.84. The minimum absolute atomic E-state index is 0. The molecule has 3 rings (SSSR count). The van der Waals surface area contributed by atoms with Gasteiger partial charge >= 0.3 is 0 Å². The number of halogens is 2. The van der Waals surface area contributed by atoms with Crippen LogP contribution in [0, 0.1) is 5.92 Å². The largest absolute Gasteiger partial charge is 0.339 e. The van der Waals surface area contributed by atoms with Crippen LogP contribution in [0.25, 0.3) is 0 Å². The number of nitrogens with two attached hydrogens (primary N) is 1. The van der Waals surface area contributed by atoms with E-state index in [0.29, 0.717) is 28.2 Å². The molecule has 26 heavy (non-hydrogen) atoms. The molecule has 0 aliphatic carbocycles. The predicted octanol–water partition coefficient (Wildman–Crippen LogP) is 3.04. The Bertz CT molecular complexity index is 724. The second-order valence-corrected chi connectivity index (χ2v) is 7.79. The molecule has 3 N–H and O–H groups in total. The number of nitrogens with zero attached hydrogens (tertiary/aromatic N) is 2. The van der Waals surface area contributed by atoms with Crippen LogP contribution < -0.4 is 11.1 Å². The maximum absolute atomic E-state index is 12.5. The first-order chi connectivity index (χ1) is 11.6. The number of nitrogens with one attached hydrogen (secondary N) is 1. The smallest absolute Gasteiger partial charge is 0.267 e. The minimum atomic E-state index is -0.170. The third-order valence-electron chi connectivity index (χ3n) is 4.16. The lowest BCUT2D eigenvalue weighted by Gasteiger charge is -2.21. The van der Waals surface area contributed by atoms with E-state index in [2.05, 4.69) is 17.2 Å². The van der Waals surface area contributed by atoms with Gasteiger partial charge in [0, 0.05) is 18.0 Å². The van der Waals surface area contributed by atoms with Gasteiger partial charge in [0.1, 0.15) is 0 Å². The lowest BCUT2D eigenvalue weighted by atomic mass is 10.1. The molecule has 0 aromatic carbocycles. The van der Waals surface area contributed by atoms with Crippen LogP contribution in [-0.4, -0.2) is 40.8 Å². The predicted molar refractivity (Wildman–Crippen MR) is 111 cm³/mol. The van der Waals surface area contributed by atoms with Gasteiger partial charge in [-0.15, -0.1) is 47.5 Å². The number of rotatable bonds is 5. The van der Waals surface area contributed by atoms with E-state index >= 15 is 0 Å². The van der Waals surface area contributed by atoms with Crippen molar-refractivity contribution in [3.05, 3.63) is 33.5 Å². The monoisotopic (exact) mass is 436 g/mol. The third kappa shape index (κ3) is 5.40. The van der Waals surface area contributed by atoms with Gasteiger partial charge in [0.15, 0.2) is 5.13 Å². The van der Waals surface area contributed by atoms with Gasteiger partial charge in [-0.05, 0) is 37.3 Å². The molecule has 0 radical (unpaired) electrons. The molecule has 0 saturated carbocycles. The highest BCUT2D eigenvalue weighted by molar-refractivity contribution is 7.14. The van der Waals surface area contributed by atoms with E-state index in [4.69, 9.17) is 5.73 Å². The van der Waals surface area contributed by atoms with Crippen molar-refractivity contribution in [3.63, 3.8) is 0 Å². The Labute approximate surface area is 173 Å². The van der Waals surface area contributed by atoms with Crippen LogP contribution in [-0.2, 0) is 11.2 Å². The molecule has 0 spiro atoms. The van der Waals surface area contributed by atoms with Crippen molar-refractivity contribution < 1.29 is 9.59 Å². The summed E-state index contributed by atoms with van der Waals surface area (Å²) in [7, 11) is 0. The highest BCUT2D eigenvalue weighted by Crippen LogP contribution is 2.24. The Balaban J connectivity index is 0.00000169. The molecule has 1 fully saturated rings. The summed E-state index contributed by atoms with van der Waals surface area (Å²) >= 11 is 2.72. The van der Waals surface area contributed by atoms with Crippen LogP contribution in [0.3, 0.4) is 0 Å². The molecular weight excluding hydrogens is 415 g/mol. The molecule has 10 heteroatoms. The van der Waals surface area contributed by atoms with Crippen molar-refractivity contribution in [2.45, 2.75) is 25.8 Å². The standard InChI is InChI=1S/C16H20N4O2S2.2ClH/c1-10-5-11(7-17)8-20(10)14(21)6-12-9-24-16(18-12)19-15(22)13-3-2-4-23-13;;/h2-4,9-11H,5-8,17H2,1H3,(H,18,19,22);2*1H. The Morgan fingerprint density at radius 1 is 1.38 bits per heavy atom. The molecule has 1 aliphatic rings. The molecule has 144 valence electrons. The van der Waals surface area contributed by atoms with E-state index in [0.717, 1.165) is 13.0 Å². The zero-order valence-corrected chi connectivity index (χ0v) is 17.5. The maximum atomic E-state index is 12.5. The van der Waals surface area contributed by atoms with Gasteiger partial charge in [0.25, 0.3) is 5.91 Å². The van der Waals surface area contributed by atoms with Gasteiger partial charge in [-0.2, -0.15) is 0 Å². The Kier molecular flexibility index (Phi) is 8.99. The van der Waals surface area contributed by atoms with Gasteiger partial charge in [-0.1, -0.05) is 6.07 Å². The number of carbonyl (C=O) groups excluding carboxylic acids is 2. The molecule has 2 aromatic rings. The second-order valence-electron chi connectivity index (χ2n) is 5.98. The second kappa shape index (κ2) is 10.2. The zero-order valence-electron chi connectivity index (χ0n) is 14.2. The summed E-state index contributed by atoms with van der Waals surface area (Å²) in [6.45, 7) is 3.40. The van der Waals surface area contributed by atoms with Gasteiger partial charge in [-0.3, -0.25) is 14.9 Å². The number of anilines is 1. The summed E-state index contributed by atoms with van der Waals surface area (Å²) in [6.07, 6.45) is 1.22. The molecule has 0 bridgehead atoms.